The zero-order valence-electron chi connectivity index (χ0n) is 28.1. The van der Waals surface area contributed by atoms with Gasteiger partial charge >= 0.3 is 6.03 Å². The van der Waals surface area contributed by atoms with Gasteiger partial charge in [0.1, 0.15) is 0 Å². The number of rotatable bonds is 10. The highest BCUT2D eigenvalue weighted by Gasteiger charge is 2.51. The molecule has 4 saturated carbocycles. The van der Waals surface area contributed by atoms with Crippen LogP contribution in [0.2, 0.25) is 0 Å². The summed E-state index contributed by atoms with van der Waals surface area (Å²) in [5, 5.41) is 17.1. The fourth-order valence-electron chi connectivity index (χ4n) is 9.14. The number of carbonyl (C=O) groups is 1. The Morgan fingerprint density at radius 3 is 2.31 bits per heavy atom. The van der Waals surface area contributed by atoms with Crippen molar-refractivity contribution in [3.8, 4) is 11.1 Å². The Labute approximate surface area is 293 Å². The summed E-state index contributed by atoms with van der Waals surface area (Å²) in [6, 6.07) is 24.7. The summed E-state index contributed by atoms with van der Waals surface area (Å²) in [5.74, 6) is 3.14. The van der Waals surface area contributed by atoms with E-state index in [4.69, 9.17) is 9.47 Å². The van der Waals surface area contributed by atoms with E-state index in [0.29, 0.717) is 6.54 Å². The molecule has 1 aliphatic heterocycles. The van der Waals surface area contributed by atoms with Crippen LogP contribution in [0.5, 0.6) is 0 Å². The second-order valence-electron chi connectivity index (χ2n) is 14.8. The maximum Gasteiger partial charge on any atom is 0.315 e. The third kappa shape index (κ3) is 7.31. The van der Waals surface area contributed by atoms with Gasteiger partial charge in [-0.1, -0.05) is 72.4 Å². The molecule has 3 atom stereocenters. The smallest absolute Gasteiger partial charge is 0.315 e. The van der Waals surface area contributed by atoms with Crippen LogP contribution in [0.1, 0.15) is 79.6 Å². The molecule has 0 radical (unpaired) electrons. The highest BCUT2D eigenvalue weighted by Crippen LogP contribution is 2.55. The molecule has 8 nitrogen and oxygen atoms in total. The standard InChI is InChI=1S/C40H46N4O4S/c1-44-13-12-41-39(44)49-25-35-19-36(31-10-8-26(24-45)9-11-31)48-37(47-35)34-7-3-6-33(18-34)32-5-2-4-27(17-32)23-42-38(46)43-40-20-28-14-29(21-40)16-30(15-28)22-40/h2-13,17-18,28-30,35-37,45H,14-16,19-25H2,1H3,(H2,42,43,46). The number of ether oxygens (including phenoxy) is 2. The minimum absolute atomic E-state index is 0.00218. The molecule has 49 heavy (non-hydrogen) atoms. The van der Waals surface area contributed by atoms with E-state index in [2.05, 4.69) is 64.1 Å². The molecule has 3 aromatic carbocycles. The van der Waals surface area contributed by atoms with Gasteiger partial charge in [0.2, 0.25) is 0 Å². The Morgan fingerprint density at radius 1 is 0.898 bits per heavy atom. The highest BCUT2D eigenvalue weighted by atomic mass is 32.2. The van der Waals surface area contributed by atoms with Gasteiger partial charge in [-0.3, -0.25) is 0 Å². The van der Waals surface area contributed by atoms with Gasteiger partial charge in [0.05, 0.1) is 18.8 Å². The Kier molecular flexibility index (Phi) is 9.27. The number of aliphatic hydroxyl groups is 1. The number of aryl methyl sites for hydroxylation is 1. The number of hydrogen-bond acceptors (Lipinski definition) is 6. The zero-order chi connectivity index (χ0) is 33.4. The van der Waals surface area contributed by atoms with E-state index in [-0.39, 0.29) is 30.4 Å². The van der Waals surface area contributed by atoms with Crippen molar-refractivity contribution in [3.63, 3.8) is 0 Å². The van der Waals surface area contributed by atoms with Crippen molar-refractivity contribution in [3.05, 3.63) is 107 Å². The first-order chi connectivity index (χ1) is 23.9. The number of nitrogens with one attached hydrogen (secondary N) is 2. The van der Waals surface area contributed by atoms with Crippen molar-refractivity contribution in [2.24, 2.45) is 24.8 Å². The third-order valence-corrected chi connectivity index (χ3v) is 12.3. The molecular weight excluding hydrogens is 633 g/mol. The summed E-state index contributed by atoms with van der Waals surface area (Å²) in [6.45, 7) is 0.492. The van der Waals surface area contributed by atoms with Crippen LogP contribution in [0.3, 0.4) is 0 Å². The molecule has 0 spiro atoms. The number of aromatic nitrogens is 2. The lowest BCUT2D eigenvalue weighted by molar-refractivity contribution is -0.245. The van der Waals surface area contributed by atoms with Gasteiger partial charge in [-0.05, 0) is 96.2 Å². The van der Waals surface area contributed by atoms with Crippen molar-refractivity contribution >= 4 is 17.8 Å². The number of carbonyl (C=O) groups excluding carboxylic acids is 1. The summed E-state index contributed by atoms with van der Waals surface area (Å²) >= 11 is 1.69. The van der Waals surface area contributed by atoms with E-state index in [1.165, 1.54) is 19.3 Å². The second kappa shape index (κ2) is 13.9. The molecule has 2 heterocycles. The Bertz CT molecular complexity index is 1740. The molecule has 9 heteroatoms. The van der Waals surface area contributed by atoms with Crippen molar-refractivity contribution in [1.29, 1.82) is 0 Å². The van der Waals surface area contributed by atoms with Crippen LogP contribution in [0, 0.1) is 17.8 Å². The summed E-state index contributed by atoms with van der Waals surface area (Å²) in [6.07, 6.45) is 11.3. The van der Waals surface area contributed by atoms with Crippen molar-refractivity contribution < 1.29 is 19.4 Å². The lowest BCUT2D eigenvalue weighted by atomic mass is 9.53. The first-order valence-electron chi connectivity index (χ1n) is 17.8. The van der Waals surface area contributed by atoms with Crippen molar-refractivity contribution in [2.75, 3.05) is 5.75 Å². The molecule has 4 aromatic rings. The average Bonchev–Trinajstić information content (AvgIpc) is 3.53. The number of hydrogen-bond donors (Lipinski definition) is 3. The van der Waals surface area contributed by atoms with E-state index in [1.54, 1.807) is 11.8 Å². The number of nitrogens with zero attached hydrogens (tertiary/aromatic N) is 2. The monoisotopic (exact) mass is 678 g/mol. The van der Waals surface area contributed by atoms with Gasteiger partial charge in [-0.25, -0.2) is 9.78 Å². The lowest BCUT2D eigenvalue weighted by Crippen LogP contribution is -2.61. The van der Waals surface area contributed by atoms with Crippen LogP contribution < -0.4 is 10.6 Å². The third-order valence-electron chi connectivity index (χ3n) is 11.1. The number of imidazole rings is 1. The van der Waals surface area contributed by atoms with Gasteiger partial charge in [0, 0.05) is 49.3 Å². The van der Waals surface area contributed by atoms with E-state index < -0.39 is 6.29 Å². The van der Waals surface area contributed by atoms with Gasteiger partial charge in [-0.15, -0.1) is 0 Å². The maximum atomic E-state index is 13.1. The molecule has 5 fully saturated rings. The molecule has 256 valence electrons. The molecular formula is C40H46N4O4S. The molecule has 5 aliphatic rings. The van der Waals surface area contributed by atoms with E-state index >= 15 is 0 Å². The largest absolute Gasteiger partial charge is 0.392 e. The predicted molar refractivity (Wildman–Crippen MR) is 191 cm³/mol. The zero-order valence-corrected chi connectivity index (χ0v) is 28.9. The second-order valence-corrected chi connectivity index (χ2v) is 15.8. The number of thioether (sulfide) groups is 1. The van der Waals surface area contributed by atoms with E-state index in [1.807, 2.05) is 48.3 Å². The first-order valence-corrected chi connectivity index (χ1v) is 18.7. The maximum absolute atomic E-state index is 13.1. The molecule has 4 bridgehead atoms. The minimum atomic E-state index is -0.540. The summed E-state index contributed by atoms with van der Waals surface area (Å²) in [7, 11) is 2.00. The Balaban J connectivity index is 0.952. The molecule has 1 aromatic heterocycles. The molecule has 2 amide bonds. The van der Waals surface area contributed by atoms with Crippen LogP contribution in [0.4, 0.5) is 4.79 Å². The van der Waals surface area contributed by atoms with E-state index in [0.717, 1.165) is 87.7 Å². The number of aliphatic hydroxyl groups excluding tert-OH is 1. The molecule has 4 aliphatic carbocycles. The molecule has 9 rings (SSSR count). The topological polar surface area (TPSA) is 97.6 Å². The van der Waals surface area contributed by atoms with Crippen molar-refractivity contribution in [1.82, 2.24) is 20.2 Å². The quantitative estimate of drug-likeness (QED) is 0.149. The summed E-state index contributed by atoms with van der Waals surface area (Å²) in [4.78, 5) is 17.6. The molecule has 3 unspecified atom stereocenters. The normalized spacial score (nSPS) is 28.8. The van der Waals surface area contributed by atoms with Crippen LogP contribution in [0.25, 0.3) is 11.1 Å². The highest BCUT2D eigenvalue weighted by molar-refractivity contribution is 7.99. The lowest BCUT2D eigenvalue weighted by Gasteiger charge is -2.56. The average molecular weight is 679 g/mol. The van der Waals surface area contributed by atoms with Gasteiger partial charge in [-0.2, -0.15) is 0 Å². The Morgan fingerprint density at radius 2 is 1.61 bits per heavy atom. The number of amides is 2. The van der Waals surface area contributed by atoms with Crippen LogP contribution in [-0.4, -0.2) is 38.1 Å². The van der Waals surface area contributed by atoms with Gasteiger partial charge in [0.25, 0.3) is 0 Å². The first kappa shape index (κ1) is 32.6. The molecule has 1 saturated heterocycles. The minimum Gasteiger partial charge on any atom is -0.392 e. The van der Waals surface area contributed by atoms with E-state index in [9.17, 15) is 9.90 Å². The summed E-state index contributed by atoms with van der Waals surface area (Å²) < 4.78 is 15.3. The van der Waals surface area contributed by atoms with Crippen LogP contribution in [-0.2, 0) is 29.7 Å². The SMILES string of the molecule is Cn1ccnc1SCC1CC(c2ccc(CO)cc2)OC(c2cccc(-c3cccc(CNC(=O)NC45CC6CC(CC(C6)C4)C5)c3)c2)O1. The van der Waals surface area contributed by atoms with Crippen LogP contribution >= 0.6 is 11.8 Å². The molecule has 3 N–H and O–H groups in total. The fraction of sp³-hybridized carbons (Fsp3) is 0.450. The van der Waals surface area contributed by atoms with Gasteiger partial charge in [0.15, 0.2) is 11.4 Å². The Hall–Kier alpha value is -3.63. The summed E-state index contributed by atoms with van der Waals surface area (Å²) in [5.41, 5.74) is 6.12. The number of benzene rings is 3. The number of urea groups is 1. The van der Waals surface area contributed by atoms with Gasteiger partial charge < -0.3 is 29.8 Å². The van der Waals surface area contributed by atoms with Crippen LogP contribution in [0.15, 0.2) is 90.3 Å². The van der Waals surface area contributed by atoms with Crippen molar-refractivity contribution in [2.45, 2.75) is 87.3 Å². The predicted octanol–water partition coefficient (Wildman–Crippen LogP) is 7.69. The fourth-order valence-corrected chi connectivity index (χ4v) is 10.1.